The Bertz CT molecular complexity index is 434. The maximum absolute atomic E-state index is 12.0. The van der Waals surface area contributed by atoms with Gasteiger partial charge in [-0.25, -0.2) is 4.98 Å². The first-order valence-electron chi connectivity index (χ1n) is 5.67. The molecule has 1 N–H and O–H groups in total. The molecule has 0 aliphatic heterocycles. The van der Waals surface area contributed by atoms with Gasteiger partial charge < -0.3 is 9.88 Å². The molecule has 1 aromatic rings. The zero-order valence-electron chi connectivity index (χ0n) is 9.52. The lowest BCUT2D eigenvalue weighted by Crippen LogP contribution is -2.27. The summed E-state index contributed by atoms with van der Waals surface area (Å²) in [5, 5.41) is 3.12. The molecule has 16 heavy (non-hydrogen) atoms. The maximum atomic E-state index is 12.0. The second-order valence-electron chi connectivity index (χ2n) is 4.29. The van der Waals surface area contributed by atoms with Crippen LogP contribution in [0.5, 0.6) is 0 Å². The van der Waals surface area contributed by atoms with E-state index < -0.39 is 0 Å². The van der Waals surface area contributed by atoms with Crippen LogP contribution in [0.1, 0.15) is 32.2 Å². The van der Waals surface area contributed by atoms with Gasteiger partial charge in [0.1, 0.15) is 0 Å². The summed E-state index contributed by atoms with van der Waals surface area (Å²) in [4.78, 5) is 16.1. The van der Waals surface area contributed by atoms with E-state index in [0.29, 0.717) is 11.9 Å². The molecular weight excluding hydrogens is 202 g/mol. The van der Waals surface area contributed by atoms with Crippen LogP contribution in [0, 0.1) is 0 Å². The molecule has 1 heterocycles. The molecule has 4 nitrogen and oxygen atoms in total. The van der Waals surface area contributed by atoms with Crippen molar-refractivity contribution in [3.63, 3.8) is 0 Å². The molecule has 1 atom stereocenters. The molecule has 1 saturated carbocycles. The molecule has 1 aliphatic rings. The van der Waals surface area contributed by atoms with E-state index >= 15 is 0 Å². The molecular formula is C12H17N3O. The van der Waals surface area contributed by atoms with Crippen LogP contribution in [0.25, 0.3) is 0 Å². The summed E-state index contributed by atoms with van der Waals surface area (Å²) >= 11 is 0. The fourth-order valence-electron chi connectivity index (χ4n) is 1.71. The van der Waals surface area contributed by atoms with Gasteiger partial charge in [0, 0.05) is 24.5 Å². The number of nitrogens with one attached hydrogen (secondary N) is 1. The third-order valence-corrected chi connectivity index (χ3v) is 2.71. The van der Waals surface area contributed by atoms with Crippen molar-refractivity contribution in [1.29, 1.82) is 0 Å². The third kappa shape index (κ3) is 2.32. The average molecular weight is 219 g/mol. The van der Waals surface area contributed by atoms with Gasteiger partial charge in [0.2, 0.25) is 0 Å². The van der Waals surface area contributed by atoms with Crippen molar-refractivity contribution in [3.05, 3.63) is 35.4 Å². The predicted octanol–water partition coefficient (Wildman–Crippen LogP) is 1.95. The highest BCUT2D eigenvalue weighted by molar-refractivity contribution is 5.32. The van der Waals surface area contributed by atoms with Crippen molar-refractivity contribution in [2.24, 2.45) is 0 Å². The standard InChI is InChI=1S/C12H17N3O/c1-3-4-9(2)14-11-12(16)15(8-7-13-11)10-5-6-10/h3,7-10H,1,4-6H2,2H3,(H,13,14). The van der Waals surface area contributed by atoms with Gasteiger partial charge in [-0.1, -0.05) is 6.08 Å². The minimum Gasteiger partial charge on any atom is -0.363 e. The van der Waals surface area contributed by atoms with Crippen molar-refractivity contribution < 1.29 is 0 Å². The lowest BCUT2D eigenvalue weighted by atomic mass is 10.2. The van der Waals surface area contributed by atoms with Crippen LogP contribution in [0.4, 0.5) is 5.82 Å². The number of aromatic nitrogens is 2. The first kappa shape index (κ1) is 10.9. The SMILES string of the molecule is C=CCC(C)Nc1nccn(C2CC2)c1=O. The molecule has 1 unspecified atom stereocenters. The molecule has 0 radical (unpaired) electrons. The number of hydrogen-bond acceptors (Lipinski definition) is 3. The normalized spacial score (nSPS) is 16.8. The Labute approximate surface area is 95.0 Å². The smallest absolute Gasteiger partial charge is 0.293 e. The molecule has 0 saturated heterocycles. The highest BCUT2D eigenvalue weighted by atomic mass is 16.1. The Morgan fingerprint density at radius 1 is 1.75 bits per heavy atom. The van der Waals surface area contributed by atoms with Crippen LogP contribution in [0.3, 0.4) is 0 Å². The Balaban J connectivity index is 2.17. The Kier molecular flexibility index (Phi) is 3.08. The van der Waals surface area contributed by atoms with E-state index in [9.17, 15) is 4.79 Å². The molecule has 0 spiro atoms. The molecule has 1 aliphatic carbocycles. The Morgan fingerprint density at radius 3 is 3.12 bits per heavy atom. The van der Waals surface area contributed by atoms with Crippen molar-refractivity contribution in [1.82, 2.24) is 9.55 Å². The largest absolute Gasteiger partial charge is 0.363 e. The molecule has 0 bridgehead atoms. The summed E-state index contributed by atoms with van der Waals surface area (Å²) in [6.45, 7) is 5.69. The van der Waals surface area contributed by atoms with Crippen LogP contribution in [-0.4, -0.2) is 15.6 Å². The summed E-state index contributed by atoms with van der Waals surface area (Å²) in [7, 11) is 0. The third-order valence-electron chi connectivity index (χ3n) is 2.71. The summed E-state index contributed by atoms with van der Waals surface area (Å²) < 4.78 is 1.77. The van der Waals surface area contributed by atoms with Crippen LogP contribution >= 0.6 is 0 Å². The van der Waals surface area contributed by atoms with E-state index in [0.717, 1.165) is 19.3 Å². The molecule has 2 rings (SSSR count). The Hall–Kier alpha value is -1.58. The van der Waals surface area contributed by atoms with E-state index in [-0.39, 0.29) is 11.6 Å². The first-order valence-corrected chi connectivity index (χ1v) is 5.67. The number of hydrogen-bond donors (Lipinski definition) is 1. The molecule has 0 amide bonds. The van der Waals surface area contributed by atoms with Crippen LogP contribution in [0.2, 0.25) is 0 Å². The lowest BCUT2D eigenvalue weighted by molar-refractivity contribution is 0.693. The molecule has 0 aromatic carbocycles. The fraction of sp³-hybridized carbons (Fsp3) is 0.500. The van der Waals surface area contributed by atoms with Crippen LogP contribution < -0.4 is 10.9 Å². The average Bonchev–Trinajstić information content (AvgIpc) is 3.05. The Morgan fingerprint density at radius 2 is 2.50 bits per heavy atom. The molecule has 86 valence electrons. The quantitative estimate of drug-likeness (QED) is 0.770. The van der Waals surface area contributed by atoms with E-state index in [4.69, 9.17) is 0 Å². The highest BCUT2D eigenvalue weighted by Gasteiger charge is 2.25. The summed E-state index contributed by atoms with van der Waals surface area (Å²) in [6.07, 6.45) is 8.31. The van der Waals surface area contributed by atoms with Gasteiger partial charge in [-0.2, -0.15) is 0 Å². The lowest BCUT2D eigenvalue weighted by Gasteiger charge is -2.12. The monoisotopic (exact) mass is 219 g/mol. The summed E-state index contributed by atoms with van der Waals surface area (Å²) in [5.74, 6) is 0.448. The second kappa shape index (κ2) is 4.51. The van der Waals surface area contributed by atoms with E-state index in [1.54, 1.807) is 17.0 Å². The summed E-state index contributed by atoms with van der Waals surface area (Å²) in [6, 6.07) is 0.582. The van der Waals surface area contributed by atoms with Crippen molar-refractivity contribution >= 4 is 5.82 Å². The molecule has 1 fully saturated rings. The van der Waals surface area contributed by atoms with Crippen LogP contribution in [0.15, 0.2) is 29.8 Å². The van der Waals surface area contributed by atoms with Gasteiger partial charge in [-0.05, 0) is 26.2 Å². The van der Waals surface area contributed by atoms with Gasteiger partial charge in [0.25, 0.3) is 5.56 Å². The fourth-order valence-corrected chi connectivity index (χ4v) is 1.71. The van der Waals surface area contributed by atoms with Gasteiger partial charge >= 0.3 is 0 Å². The minimum atomic E-state index is -0.0130. The topological polar surface area (TPSA) is 46.9 Å². The van der Waals surface area contributed by atoms with E-state index in [1.807, 2.05) is 13.0 Å². The zero-order valence-corrected chi connectivity index (χ0v) is 9.52. The van der Waals surface area contributed by atoms with Gasteiger partial charge in [-0.15, -0.1) is 6.58 Å². The number of anilines is 1. The van der Waals surface area contributed by atoms with E-state index in [2.05, 4.69) is 16.9 Å². The van der Waals surface area contributed by atoms with Gasteiger partial charge in [0.15, 0.2) is 5.82 Å². The van der Waals surface area contributed by atoms with Gasteiger partial charge in [0.05, 0.1) is 0 Å². The number of nitrogens with zero attached hydrogens (tertiary/aromatic N) is 2. The minimum absolute atomic E-state index is 0.0130. The summed E-state index contributed by atoms with van der Waals surface area (Å²) in [5.41, 5.74) is -0.0130. The van der Waals surface area contributed by atoms with Gasteiger partial charge in [-0.3, -0.25) is 4.79 Å². The number of rotatable bonds is 5. The van der Waals surface area contributed by atoms with Crippen molar-refractivity contribution in [3.8, 4) is 0 Å². The molecule has 1 aromatic heterocycles. The zero-order chi connectivity index (χ0) is 11.5. The first-order chi connectivity index (χ1) is 7.72. The predicted molar refractivity (Wildman–Crippen MR) is 64.7 cm³/mol. The van der Waals surface area contributed by atoms with Crippen LogP contribution in [-0.2, 0) is 0 Å². The van der Waals surface area contributed by atoms with Crippen molar-refractivity contribution in [2.45, 2.75) is 38.3 Å². The van der Waals surface area contributed by atoms with Crippen molar-refractivity contribution in [2.75, 3.05) is 5.32 Å². The van der Waals surface area contributed by atoms with E-state index in [1.165, 1.54) is 0 Å². The maximum Gasteiger partial charge on any atom is 0.293 e. The highest BCUT2D eigenvalue weighted by Crippen LogP contribution is 2.33. The second-order valence-corrected chi connectivity index (χ2v) is 4.29. The molecule has 4 heteroatoms.